The molecule has 1 rings (SSSR count). The lowest BCUT2D eigenvalue weighted by atomic mass is 9.93. The summed E-state index contributed by atoms with van der Waals surface area (Å²) in [6.45, 7) is 2.33. The van der Waals surface area contributed by atoms with Crippen molar-refractivity contribution in [1.29, 1.82) is 0 Å². The Morgan fingerprint density at radius 3 is 2.62 bits per heavy atom. The van der Waals surface area contributed by atoms with Crippen molar-refractivity contribution in [1.82, 2.24) is 0 Å². The van der Waals surface area contributed by atoms with Gasteiger partial charge in [0.15, 0.2) is 11.6 Å². The molecule has 0 aliphatic carbocycles. The minimum absolute atomic E-state index is 0.0483. The summed E-state index contributed by atoms with van der Waals surface area (Å²) < 4.78 is 18.2. The highest BCUT2D eigenvalue weighted by Gasteiger charge is 2.19. The van der Waals surface area contributed by atoms with Gasteiger partial charge in [-0.1, -0.05) is 13.0 Å². The minimum Gasteiger partial charge on any atom is -0.494 e. The van der Waals surface area contributed by atoms with Gasteiger partial charge in [0.2, 0.25) is 0 Å². The van der Waals surface area contributed by atoms with Crippen molar-refractivity contribution in [2.45, 2.75) is 19.4 Å². The zero-order valence-electron chi connectivity index (χ0n) is 9.61. The van der Waals surface area contributed by atoms with E-state index in [1.54, 1.807) is 6.07 Å². The summed E-state index contributed by atoms with van der Waals surface area (Å²) >= 11 is 0. The topological polar surface area (TPSA) is 55.5 Å². The van der Waals surface area contributed by atoms with E-state index in [9.17, 15) is 9.50 Å². The largest absolute Gasteiger partial charge is 0.494 e. The first-order chi connectivity index (χ1) is 7.63. The number of nitrogens with two attached hydrogens (primary N) is 1. The number of methoxy groups -OCH3 is 1. The van der Waals surface area contributed by atoms with Crippen LogP contribution in [-0.2, 0) is 0 Å². The molecule has 1 aromatic carbocycles. The van der Waals surface area contributed by atoms with Crippen molar-refractivity contribution < 1.29 is 14.2 Å². The highest BCUT2D eigenvalue weighted by atomic mass is 19.1. The normalized spacial score (nSPS) is 14.6. The van der Waals surface area contributed by atoms with Gasteiger partial charge in [0.05, 0.1) is 13.2 Å². The first-order valence-corrected chi connectivity index (χ1v) is 5.35. The van der Waals surface area contributed by atoms with E-state index in [0.29, 0.717) is 12.1 Å². The van der Waals surface area contributed by atoms with Crippen LogP contribution in [0.2, 0.25) is 0 Å². The molecule has 2 unspecified atom stereocenters. The molecule has 4 heteroatoms. The van der Waals surface area contributed by atoms with Gasteiger partial charge in [0, 0.05) is 5.92 Å². The Morgan fingerprint density at radius 1 is 1.50 bits per heavy atom. The Labute approximate surface area is 95.0 Å². The van der Waals surface area contributed by atoms with Crippen molar-refractivity contribution in [3.05, 3.63) is 29.6 Å². The molecule has 0 aromatic heterocycles. The number of hydrogen-bond donors (Lipinski definition) is 2. The van der Waals surface area contributed by atoms with Crippen molar-refractivity contribution in [2.24, 2.45) is 11.7 Å². The predicted octanol–water partition coefficient (Wildman–Crippen LogP) is 1.85. The fraction of sp³-hybridized carbons (Fsp3) is 0.500. The van der Waals surface area contributed by atoms with E-state index in [1.165, 1.54) is 19.2 Å². The molecule has 0 aliphatic heterocycles. The van der Waals surface area contributed by atoms with Crippen LogP contribution in [0, 0.1) is 11.7 Å². The molecule has 0 saturated heterocycles. The van der Waals surface area contributed by atoms with Crippen LogP contribution in [0.3, 0.4) is 0 Å². The van der Waals surface area contributed by atoms with Gasteiger partial charge in [0.1, 0.15) is 0 Å². The number of hydrogen-bond acceptors (Lipinski definition) is 3. The van der Waals surface area contributed by atoms with Crippen molar-refractivity contribution in [3.8, 4) is 5.75 Å². The van der Waals surface area contributed by atoms with Crippen LogP contribution in [0.4, 0.5) is 4.39 Å². The van der Waals surface area contributed by atoms with E-state index in [2.05, 4.69) is 0 Å². The summed E-state index contributed by atoms with van der Waals surface area (Å²) in [6, 6.07) is 4.46. The predicted molar refractivity (Wildman–Crippen MR) is 60.7 cm³/mol. The van der Waals surface area contributed by atoms with E-state index in [-0.39, 0.29) is 11.7 Å². The van der Waals surface area contributed by atoms with Crippen molar-refractivity contribution >= 4 is 0 Å². The second-order valence-electron chi connectivity index (χ2n) is 3.74. The van der Waals surface area contributed by atoms with Crippen LogP contribution in [-0.4, -0.2) is 18.8 Å². The summed E-state index contributed by atoms with van der Waals surface area (Å²) in [5, 5.41) is 9.98. The fourth-order valence-electron chi connectivity index (χ4n) is 1.66. The van der Waals surface area contributed by atoms with Gasteiger partial charge in [-0.25, -0.2) is 4.39 Å². The summed E-state index contributed by atoms with van der Waals surface area (Å²) in [7, 11) is 1.41. The SMILES string of the molecule is CCC(CN)C(O)c1ccc(OC)c(F)c1. The van der Waals surface area contributed by atoms with Gasteiger partial charge >= 0.3 is 0 Å². The highest BCUT2D eigenvalue weighted by molar-refractivity contribution is 5.30. The number of halogens is 1. The first-order valence-electron chi connectivity index (χ1n) is 5.35. The Bertz CT molecular complexity index is 340. The Kier molecular flexibility index (Phi) is 4.71. The van der Waals surface area contributed by atoms with Crippen LogP contribution in [0.15, 0.2) is 18.2 Å². The first kappa shape index (κ1) is 12.9. The number of aliphatic hydroxyl groups excluding tert-OH is 1. The lowest BCUT2D eigenvalue weighted by Crippen LogP contribution is -2.21. The van der Waals surface area contributed by atoms with Crippen molar-refractivity contribution in [3.63, 3.8) is 0 Å². The number of rotatable bonds is 5. The second-order valence-corrected chi connectivity index (χ2v) is 3.74. The van der Waals surface area contributed by atoms with E-state index < -0.39 is 11.9 Å². The third-order valence-corrected chi connectivity index (χ3v) is 2.79. The van der Waals surface area contributed by atoms with E-state index in [4.69, 9.17) is 10.5 Å². The summed E-state index contributed by atoms with van der Waals surface area (Å²) in [5.41, 5.74) is 6.07. The molecule has 3 N–H and O–H groups in total. The average Bonchev–Trinajstić information content (AvgIpc) is 2.30. The molecule has 2 atom stereocenters. The lowest BCUT2D eigenvalue weighted by Gasteiger charge is -2.20. The van der Waals surface area contributed by atoms with Gasteiger partial charge in [-0.2, -0.15) is 0 Å². The molecule has 90 valence electrons. The second kappa shape index (κ2) is 5.82. The van der Waals surface area contributed by atoms with Crippen molar-refractivity contribution in [2.75, 3.05) is 13.7 Å². The average molecular weight is 227 g/mol. The van der Waals surface area contributed by atoms with Gasteiger partial charge < -0.3 is 15.6 Å². The van der Waals surface area contributed by atoms with Crippen LogP contribution in [0.25, 0.3) is 0 Å². The number of ether oxygens (including phenoxy) is 1. The zero-order chi connectivity index (χ0) is 12.1. The standard InChI is InChI=1S/C12H18FNO2/c1-3-8(7-14)12(15)9-4-5-11(16-2)10(13)6-9/h4-6,8,12,15H,3,7,14H2,1-2H3. The molecule has 1 aromatic rings. The summed E-state index contributed by atoms with van der Waals surface area (Å²) in [4.78, 5) is 0. The van der Waals surface area contributed by atoms with Crippen LogP contribution >= 0.6 is 0 Å². The Morgan fingerprint density at radius 2 is 2.19 bits per heavy atom. The molecule has 0 amide bonds. The summed E-state index contributed by atoms with van der Waals surface area (Å²) in [5.74, 6) is -0.338. The molecule has 3 nitrogen and oxygen atoms in total. The molecular weight excluding hydrogens is 209 g/mol. The quantitative estimate of drug-likeness (QED) is 0.807. The third-order valence-electron chi connectivity index (χ3n) is 2.79. The molecule has 0 saturated carbocycles. The Hall–Kier alpha value is -1.13. The maximum absolute atomic E-state index is 13.4. The molecule has 0 bridgehead atoms. The molecular formula is C12H18FNO2. The van der Waals surface area contributed by atoms with Gasteiger partial charge in [0.25, 0.3) is 0 Å². The molecule has 0 spiro atoms. The molecule has 0 heterocycles. The van der Waals surface area contributed by atoms with Crippen LogP contribution in [0.5, 0.6) is 5.75 Å². The van der Waals surface area contributed by atoms with E-state index >= 15 is 0 Å². The maximum Gasteiger partial charge on any atom is 0.165 e. The number of benzene rings is 1. The van der Waals surface area contributed by atoms with Gasteiger partial charge in [-0.05, 0) is 30.7 Å². The fourth-order valence-corrected chi connectivity index (χ4v) is 1.66. The van der Waals surface area contributed by atoms with Crippen LogP contribution < -0.4 is 10.5 Å². The third kappa shape index (κ3) is 2.71. The Balaban J connectivity index is 2.91. The molecule has 16 heavy (non-hydrogen) atoms. The molecule has 0 fully saturated rings. The van der Waals surface area contributed by atoms with Gasteiger partial charge in [-0.3, -0.25) is 0 Å². The maximum atomic E-state index is 13.4. The van der Waals surface area contributed by atoms with E-state index in [1.807, 2.05) is 6.92 Å². The lowest BCUT2D eigenvalue weighted by molar-refractivity contribution is 0.109. The van der Waals surface area contributed by atoms with Gasteiger partial charge in [-0.15, -0.1) is 0 Å². The van der Waals surface area contributed by atoms with E-state index in [0.717, 1.165) is 6.42 Å². The monoisotopic (exact) mass is 227 g/mol. The van der Waals surface area contributed by atoms with Crippen LogP contribution in [0.1, 0.15) is 25.0 Å². The minimum atomic E-state index is -0.726. The highest BCUT2D eigenvalue weighted by Crippen LogP contribution is 2.27. The summed E-state index contributed by atoms with van der Waals surface area (Å²) in [6.07, 6.45) is 0.0288. The smallest absolute Gasteiger partial charge is 0.165 e. The molecule has 0 radical (unpaired) electrons. The number of aliphatic hydroxyl groups is 1. The zero-order valence-corrected chi connectivity index (χ0v) is 9.61. The molecule has 0 aliphatic rings.